The molecule has 0 spiro atoms. The second-order valence-corrected chi connectivity index (χ2v) is 9.21. The van der Waals surface area contributed by atoms with Gasteiger partial charge in [-0.2, -0.15) is 4.31 Å². The van der Waals surface area contributed by atoms with E-state index in [2.05, 4.69) is 39.8 Å². The highest BCUT2D eigenvalue weighted by molar-refractivity contribution is 9.10. The summed E-state index contributed by atoms with van der Waals surface area (Å²) in [5, 5.41) is 0.257. The lowest BCUT2D eigenvalue weighted by Crippen LogP contribution is -2.49. The zero-order valence-electron chi connectivity index (χ0n) is 13.5. The van der Waals surface area contributed by atoms with Gasteiger partial charge in [0.15, 0.2) is 0 Å². The van der Waals surface area contributed by atoms with Crippen LogP contribution in [0.5, 0.6) is 0 Å². The molecule has 0 aliphatic carbocycles. The van der Waals surface area contributed by atoms with Crippen LogP contribution < -0.4 is 0 Å². The predicted octanol–water partition coefficient (Wildman–Crippen LogP) is 2.36. The van der Waals surface area contributed by atoms with Gasteiger partial charge in [-0.15, -0.1) is 0 Å². The van der Waals surface area contributed by atoms with Crippen LogP contribution in [0.1, 0.15) is 6.42 Å². The average Bonchev–Trinajstić information content (AvgIpc) is 2.47. The predicted molar refractivity (Wildman–Crippen MR) is 97.5 cm³/mol. The molecule has 2 rings (SSSR count). The van der Waals surface area contributed by atoms with Crippen LogP contribution in [-0.2, 0) is 10.0 Å². The Hall–Kier alpha value is -0.180. The van der Waals surface area contributed by atoms with Crippen molar-refractivity contribution in [1.29, 1.82) is 0 Å². The third kappa shape index (κ3) is 5.14. The zero-order chi connectivity index (χ0) is 17.0. The van der Waals surface area contributed by atoms with Gasteiger partial charge in [0.2, 0.25) is 10.0 Å². The van der Waals surface area contributed by atoms with E-state index in [-0.39, 0.29) is 9.92 Å². The molecule has 0 unspecified atom stereocenters. The molecule has 1 heterocycles. The summed E-state index contributed by atoms with van der Waals surface area (Å²) in [4.78, 5) is 4.66. The SMILES string of the molecule is CN(C)CCCN1CCN(S(=O)(=O)c2ccc(Br)cc2Cl)CC1. The summed E-state index contributed by atoms with van der Waals surface area (Å²) in [5.74, 6) is 0. The van der Waals surface area contributed by atoms with Crippen molar-refractivity contribution in [3.8, 4) is 0 Å². The first kappa shape index (κ1) is 19.1. The van der Waals surface area contributed by atoms with Gasteiger partial charge < -0.3 is 9.80 Å². The van der Waals surface area contributed by atoms with E-state index in [0.29, 0.717) is 13.1 Å². The van der Waals surface area contributed by atoms with Crippen molar-refractivity contribution >= 4 is 37.6 Å². The van der Waals surface area contributed by atoms with Gasteiger partial charge in [-0.3, -0.25) is 0 Å². The minimum Gasteiger partial charge on any atom is -0.309 e. The second kappa shape index (κ2) is 8.27. The summed E-state index contributed by atoms with van der Waals surface area (Å²) >= 11 is 9.41. The minimum absolute atomic E-state index is 0.184. The standard InChI is InChI=1S/C15H23BrClN3O2S/c1-18(2)6-3-7-19-8-10-20(11-9-19)23(21,22)15-5-4-13(16)12-14(15)17/h4-5,12H,3,6-11H2,1-2H3. The molecule has 0 N–H and O–H groups in total. The van der Waals surface area contributed by atoms with Gasteiger partial charge in [-0.25, -0.2) is 8.42 Å². The van der Waals surface area contributed by atoms with E-state index in [9.17, 15) is 8.42 Å². The number of sulfonamides is 1. The highest BCUT2D eigenvalue weighted by Gasteiger charge is 2.29. The molecule has 0 amide bonds. The highest BCUT2D eigenvalue weighted by Crippen LogP contribution is 2.28. The van der Waals surface area contributed by atoms with Crippen LogP contribution in [0.3, 0.4) is 0 Å². The molecule has 0 saturated carbocycles. The summed E-state index contributed by atoms with van der Waals surface area (Å²) in [6.45, 7) is 4.60. The van der Waals surface area contributed by atoms with E-state index in [1.165, 1.54) is 4.31 Å². The maximum atomic E-state index is 12.7. The molecule has 0 radical (unpaired) electrons. The number of benzene rings is 1. The molecular formula is C15H23BrClN3O2S. The lowest BCUT2D eigenvalue weighted by Gasteiger charge is -2.34. The summed E-state index contributed by atoms with van der Waals surface area (Å²) in [6, 6.07) is 4.88. The normalized spacial score (nSPS) is 17.8. The zero-order valence-corrected chi connectivity index (χ0v) is 16.7. The Morgan fingerprint density at radius 1 is 1.22 bits per heavy atom. The smallest absolute Gasteiger partial charge is 0.244 e. The Kier molecular flexibility index (Phi) is 6.88. The topological polar surface area (TPSA) is 43.9 Å². The largest absolute Gasteiger partial charge is 0.309 e. The molecule has 130 valence electrons. The Balaban J connectivity index is 1.96. The number of hydrogen-bond acceptors (Lipinski definition) is 4. The monoisotopic (exact) mass is 423 g/mol. The molecule has 0 bridgehead atoms. The van der Waals surface area contributed by atoms with Crippen molar-refractivity contribution in [3.05, 3.63) is 27.7 Å². The first-order chi connectivity index (χ1) is 10.8. The Morgan fingerprint density at radius 3 is 2.43 bits per heavy atom. The molecule has 5 nitrogen and oxygen atoms in total. The first-order valence-corrected chi connectivity index (χ1v) is 10.2. The molecule has 1 fully saturated rings. The Labute approximate surface area is 152 Å². The number of nitrogens with zero attached hydrogens (tertiary/aromatic N) is 3. The van der Waals surface area contributed by atoms with E-state index in [4.69, 9.17) is 11.6 Å². The van der Waals surface area contributed by atoms with Crippen molar-refractivity contribution in [3.63, 3.8) is 0 Å². The van der Waals surface area contributed by atoms with E-state index < -0.39 is 10.0 Å². The third-order valence-corrected chi connectivity index (χ3v) is 6.80. The third-order valence-electron chi connectivity index (χ3n) is 3.92. The van der Waals surface area contributed by atoms with Crippen LogP contribution in [0.4, 0.5) is 0 Å². The lowest BCUT2D eigenvalue weighted by molar-refractivity contribution is 0.181. The van der Waals surface area contributed by atoms with E-state index in [0.717, 1.165) is 37.1 Å². The van der Waals surface area contributed by atoms with Crippen LogP contribution in [0.2, 0.25) is 5.02 Å². The number of rotatable bonds is 6. The van der Waals surface area contributed by atoms with Crippen molar-refractivity contribution in [1.82, 2.24) is 14.1 Å². The molecule has 1 aliphatic rings. The fraction of sp³-hybridized carbons (Fsp3) is 0.600. The van der Waals surface area contributed by atoms with Gasteiger partial charge in [0.1, 0.15) is 4.90 Å². The first-order valence-electron chi connectivity index (χ1n) is 7.63. The van der Waals surface area contributed by atoms with Crippen LogP contribution in [0.15, 0.2) is 27.6 Å². The highest BCUT2D eigenvalue weighted by atomic mass is 79.9. The van der Waals surface area contributed by atoms with Gasteiger partial charge in [0.05, 0.1) is 5.02 Å². The second-order valence-electron chi connectivity index (χ2n) is 5.98. The molecule has 8 heteroatoms. The van der Waals surface area contributed by atoms with Gasteiger partial charge in [-0.05, 0) is 51.8 Å². The van der Waals surface area contributed by atoms with E-state index in [1.807, 2.05) is 0 Å². The molecule has 1 aromatic carbocycles. The van der Waals surface area contributed by atoms with Gasteiger partial charge in [0.25, 0.3) is 0 Å². The fourth-order valence-electron chi connectivity index (χ4n) is 2.63. The van der Waals surface area contributed by atoms with Crippen molar-refractivity contribution < 1.29 is 8.42 Å². The van der Waals surface area contributed by atoms with Crippen LogP contribution in [0, 0.1) is 0 Å². The molecule has 0 atom stereocenters. The van der Waals surface area contributed by atoms with Gasteiger partial charge in [0, 0.05) is 30.7 Å². The minimum atomic E-state index is -3.52. The maximum Gasteiger partial charge on any atom is 0.244 e. The van der Waals surface area contributed by atoms with Crippen molar-refractivity contribution in [2.45, 2.75) is 11.3 Å². The van der Waals surface area contributed by atoms with Crippen LogP contribution in [0.25, 0.3) is 0 Å². The fourth-order valence-corrected chi connectivity index (χ4v) is 5.06. The van der Waals surface area contributed by atoms with Crippen molar-refractivity contribution in [2.75, 3.05) is 53.4 Å². The maximum absolute atomic E-state index is 12.7. The lowest BCUT2D eigenvalue weighted by atomic mass is 10.3. The quantitative estimate of drug-likeness (QED) is 0.703. The molecule has 0 aromatic heterocycles. The average molecular weight is 425 g/mol. The van der Waals surface area contributed by atoms with E-state index in [1.54, 1.807) is 18.2 Å². The summed E-state index contributed by atoms with van der Waals surface area (Å²) < 4.78 is 27.8. The molecule has 1 saturated heterocycles. The number of hydrogen-bond donors (Lipinski definition) is 0. The summed E-state index contributed by atoms with van der Waals surface area (Å²) in [7, 11) is 0.603. The molecule has 1 aliphatic heterocycles. The number of halogens is 2. The van der Waals surface area contributed by atoms with Gasteiger partial charge in [-0.1, -0.05) is 27.5 Å². The Bertz CT molecular complexity index is 632. The molecule has 1 aromatic rings. The van der Waals surface area contributed by atoms with Crippen LogP contribution in [-0.4, -0.2) is 75.9 Å². The van der Waals surface area contributed by atoms with Gasteiger partial charge >= 0.3 is 0 Å². The molecular weight excluding hydrogens is 402 g/mol. The molecule has 23 heavy (non-hydrogen) atoms. The van der Waals surface area contributed by atoms with Crippen molar-refractivity contribution in [2.24, 2.45) is 0 Å². The summed E-state index contributed by atoms with van der Waals surface area (Å²) in [5.41, 5.74) is 0. The Morgan fingerprint density at radius 2 is 1.87 bits per heavy atom. The van der Waals surface area contributed by atoms with Crippen LogP contribution >= 0.6 is 27.5 Å². The number of piperazine rings is 1. The van der Waals surface area contributed by atoms with E-state index >= 15 is 0 Å². The summed E-state index contributed by atoms with van der Waals surface area (Å²) in [6.07, 6.45) is 1.10.